The van der Waals surface area contributed by atoms with E-state index in [0.717, 1.165) is 6.08 Å². The third kappa shape index (κ3) is 4.43. The minimum atomic E-state index is -1.04. The molecule has 0 atom stereocenters. The molecule has 106 valence electrons. The lowest BCUT2D eigenvalue weighted by molar-refractivity contribution is -0.131. The van der Waals surface area contributed by atoms with Gasteiger partial charge in [-0.3, -0.25) is 9.78 Å². The van der Waals surface area contributed by atoms with Crippen molar-refractivity contribution >= 4 is 35.2 Å². The van der Waals surface area contributed by atoms with E-state index in [1.165, 1.54) is 18.3 Å². The van der Waals surface area contributed by atoms with Gasteiger partial charge in [0, 0.05) is 23.0 Å². The van der Waals surface area contributed by atoms with E-state index < -0.39 is 5.97 Å². The van der Waals surface area contributed by atoms with Crippen LogP contribution < -0.4 is 5.32 Å². The molecule has 1 aromatic heterocycles. The number of rotatable bonds is 4. The van der Waals surface area contributed by atoms with E-state index >= 15 is 0 Å². The van der Waals surface area contributed by atoms with Crippen molar-refractivity contribution in [2.24, 2.45) is 0 Å². The van der Waals surface area contributed by atoms with Crippen LogP contribution in [0.2, 0.25) is 5.02 Å². The fraction of sp³-hybridized carbons (Fsp3) is 0. The molecule has 6 heteroatoms. The number of benzene rings is 1. The van der Waals surface area contributed by atoms with Crippen LogP contribution in [-0.2, 0) is 4.79 Å². The predicted molar refractivity (Wildman–Crippen MR) is 80.3 cm³/mol. The maximum Gasteiger partial charge on any atom is 0.328 e. The Bertz CT molecular complexity index is 679. The topological polar surface area (TPSA) is 79.3 Å². The first kappa shape index (κ1) is 14.7. The SMILES string of the molecule is O=C(O)C=Cc1ccc(C(=O)Nc2ccc(Cl)cc2)nc1. The highest BCUT2D eigenvalue weighted by Gasteiger charge is 2.07. The molecule has 0 bridgehead atoms. The first-order chi connectivity index (χ1) is 10.0. The van der Waals surface area contributed by atoms with Gasteiger partial charge in [0.15, 0.2) is 0 Å². The zero-order valence-corrected chi connectivity index (χ0v) is 11.5. The van der Waals surface area contributed by atoms with Gasteiger partial charge in [-0.05, 0) is 42.0 Å². The third-order valence-corrected chi connectivity index (χ3v) is 2.79. The zero-order chi connectivity index (χ0) is 15.2. The standard InChI is InChI=1S/C15H11ClN2O3/c16-11-3-5-12(6-4-11)18-15(21)13-7-1-10(9-17-13)2-8-14(19)20/h1-9H,(H,18,21)(H,19,20). The lowest BCUT2D eigenvalue weighted by atomic mass is 10.2. The molecule has 0 saturated heterocycles. The molecule has 0 aliphatic heterocycles. The molecule has 0 aliphatic rings. The Morgan fingerprint density at radius 3 is 2.43 bits per heavy atom. The van der Waals surface area contributed by atoms with E-state index in [1.807, 2.05) is 0 Å². The summed E-state index contributed by atoms with van der Waals surface area (Å²) in [6, 6.07) is 9.85. The number of carboxylic acid groups (broad SMARTS) is 1. The molecule has 1 amide bonds. The van der Waals surface area contributed by atoms with Gasteiger partial charge in [0.1, 0.15) is 5.69 Å². The van der Waals surface area contributed by atoms with Crippen LogP contribution in [0.25, 0.3) is 6.08 Å². The van der Waals surface area contributed by atoms with Gasteiger partial charge in [-0.25, -0.2) is 4.79 Å². The number of halogens is 1. The Kier molecular flexibility index (Phi) is 4.68. The average molecular weight is 303 g/mol. The first-order valence-corrected chi connectivity index (χ1v) is 6.36. The molecule has 5 nitrogen and oxygen atoms in total. The molecule has 2 rings (SSSR count). The maximum absolute atomic E-state index is 12.0. The van der Waals surface area contributed by atoms with Crippen molar-refractivity contribution in [1.29, 1.82) is 0 Å². The maximum atomic E-state index is 12.0. The highest BCUT2D eigenvalue weighted by atomic mass is 35.5. The van der Waals surface area contributed by atoms with Crippen molar-refractivity contribution in [3.63, 3.8) is 0 Å². The van der Waals surface area contributed by atoms with Gasteiger partial charge in [0.25, 0.3) is 5.91 Å². The van der Waals surface area contributed by atoms with Gasteiger partial charge in [-0.15, -0.1) is 0 Å². The Labute approximate surface area is 125 Å². The summed E-state index contributed by atoms with van der Waals surface area (Å²) in [7, 11) is 0. The number of anilines is 1. The monoisotopic (exact) mass is 302 g/mol. The van der Waals surface area contributed by atoms with Crippen LogP contribution in [-0.4, -0.2) is 22.0 Å². The van der Waals surface area contributed by atoms with Crippen molar-refractivity contribution in [2.75, 3.05) is 5.32 Å². The normalized spacial score (nSPS) is 10.5. The molecule has 21 heavy (non-hydrogen) atoms. The summed E-state index contributed by atoms with van der Waals surface area (Å²) in [5, 5.41) is 11.8. The van der Waals surface area contributed by atoms with Crippen LogP contribution in [0.3, 0.4) is 0 Å². The van der Waals surface area contributed by atoms with Crippen LogP contribution in [0, 0.1) is 0 Å². The number of pyridine rings is 1. The number of carbonyl (C=O) groups excluding carboxylic acids is 1. The molecule has 0 fully saturated rings. The molecule has 0 unspecified atom stereocenters. The lowest BCUT2D eigenvalue weighted by Gasteiger charge is -2.04. The van der Waals surface area contributed by atoms with Crippen molar-refractivity contribution in [2.45, 2.75) is 0 Å². The molecule has 0 saturated carbocycles. The molecule has 1 aromatic carbocycles. The second-order valence-electron chi connectivity index (χ2n) is 4.11. The van der Waals surface area contributed by atoms with Crippen LogP contribution >= 0.6 is 11.6 Å². The minimum Gasteiger partial charge on any atom is -0.478 e. The fourth-order valence-corrected chi connectivity index (χ4v) is 1.66. The molecule has 0 aliphatic carbocycles. The average Bonchev–Trinajstić information content (AvgIpc) is 2.48. The number of aromatic nitrogens is 1. The van der Waals surface area contributed by atoms with E-state index in [1.54, 1.807) is 30.3 Å². The van der Waals surface area contributed by atoms with E-state index in [4.69, 9.17) is 16.7 Å². The number of hydrogen-bond donors (Lipinski definition) is 2. The Balaban J connectivity index is 2.06. The largest absolute Gasteiger partial charge is 0.478 e. The molecular weight excluding hydrogens is 292 g/mol. The van der Waals surface area contributed by atoms with E-state index in [2.05, 4.69) is 10.3 Å². The molecule has 0 spiro atoms. The molecule has 2 aromatic rings. The number of hydrogen-bond acceptors (Lipinski definition) is 3. The number of nitrogens with zero attached hydrogens (tertiary/aromatic N) is 1. The lowest BCUT2D eigenvalue weighted by Crippen LogP contribution is -2.13. The van der Waals surface area contributed by atoms with Crippen molar-refractivity contribution in [3.8, 4) is 0 Å². The van der Waals surface area contributed by atoms with Crippen LogP contribution in [0.15, 0.2) is 48.7 Å². The first-order valence-electron chi connectivity index (χ1n) is 5.98. The number of amides is 1. The highest BCUT2D eigenvalue weighted by Crippen LogP contribution is 2.14. The smallest absolute Gasteiger partial charge is 0.328 e. The summed E-state index contributed by atoms with van der Waals surface area (Å²) < 4.78 is 0. The zero-order valence-electron chi connectivity index (χ0n) is 10.8. The minimum absolute atomic E-state index is 0.234. The molecule has 2 N–H and O–H groups in total. The second-order valence-corrected chi connectivity index (χ2v) is 4.55. The van der Waals surface area contributed by atoms with E-state index in [9.17, 15) is 9.59 Å². The molecular formula is C15H11ClN2O3. The van der Waals surface area contributed by atoms with Crippen molar-refractivity contribution in [3.05, 3.63) is 65.0 Å². The Morgan fingerprint density at radius 1 is 1.14 bits per heavy atom. The second kappa shape index (κ2) is 6.67. The predicted octanol–water partition coefficient (Wildman–Crippen LogP) is 3.09. The van der Waals surface area contributed by atoms with Gasteiger partial charge in [0.2, 0.25) is 0 Å². The number of nitrogens with one attached hydrogen (secondary N) is 1. The Morgan fingerprint density at radius 2 is 1.86 bits per heavy atom. The summed E-state index contributed by atoms with van der Waals surface area (Å²) in [5.41, 5.74) is 1.44. The highest BCUT2D eigenvalue weighted by molar-refractivity contribution is 6.30. The van der Waals surface area contributed by atoms with Gasteiger partial charge >= 0.3 is 5.97 Å². The quantitative estimate of drug-likeness (QED) is 0.851. The van der Waals surface area contributed by atoms with Crippen LogP contribution in [0.4, 0.5) is 5.69 Å². The molecule has 0 radical (unpaired) electrons. The van der Waals surface area contributed by atoms with Gasteiger partial charge in [0.05, 0.1) is 0 Å². The molecule has 1 heterocycles. The van der Waals surface area contributed by atoms with E-state index in [0.29, 0.717) is 16.3 Å². The van der Waals surface area contributed by atoms with E-state index in [-0.39, 0.29) is 11.6 Å². The van der Waals surface area contributed by atoms with Crippen molar-refractivity contribution < 1.29 is 14.7 Å². The van der Waals surface area contributed by atoms with Crippen molar-refractivity contribution in [1.82, 2.24) is 4.98 Å². The van der Waals surface area contributed by atoms with Crippen LogP contribution in [0.5, 0.6) is 0 Å². The number of carboxylic acids is 1. The van der Waals surface area contributed by atoms with Crippen LogP contribution in [0.1, 0.15) is 16.1 Å². The summed E-state index contributed by atoms with van der Waals surface area (Å²) >= 11 is 5.76. The summed E-state index contributed by atoms with van der Waals surface area (Å²) in [6.07, 6.45) is 3.83. The number of aliphatic carboxylic acids is 1. The summed E-state index contributed by atoms with van der Waals surface area (Å²) in [5.74, 6) is -1.40. The van der Waals surface area contributed by atoms with Gasteiger partial charge in [-0.2, -0.15) is 0 Å². The number of carbonyl (C=O) groups is 2. The van der Waals surface area contributed by atoms with Gasteiger partial charge < -0.3 is 10.4 Å². The van der Waals surface area contributed by atoms with Gasteiger partial charge in [-0.1, -0.05) is 17.7 Å². The summed E-state index contributed by atoms with van der Waals surface area (Å²) in [6.45, 7) is 0. The fourth-order valence-electron chi connectivity index (χ4n) is 1.53. The third-order valence-electron chi connectivity index (χ3n) is 2.54. The summed E-state index contributed by atoms with van der Waals surface area (Å²) in [4.78, 5) is 26.3. The Hall–Kier alpha value is -2.66.